The first-order valence-electron chi connectivity index (χ1n) is 5.85. The predicted molar refractivity (Wildman–Crippen MR) is 68.7 cm³/mol. The number of carbonyl (C=O) groups excluding carboxylic acids is 1. The van der Waals surface area contributed by atoms with Crippen molar-refractivity contribution in [1.82, 2.24) is 0 Å². The van der Waals surface area contributed by atoms with E-state index in [1.54, 1.807) is 18.2 Å². The lowest BCUT2D eigenvalue weighted by molar-refractivity contribution is -0.146. The van der Waals surface area contributed by atoms with Gasteiger partial charge in [0.25, 0.3) is 0 Å². The lowest BCUT2D eigenvalue weighted by Crippen LogP contribution is -2.15. The molecule has 0 aliphatic heterocycles. The van der Waals surface area contributed by atoms with Gasteiger partial charge in [-0.1, -0.05) is 31.0 Å². The Kier molecular flexibility index (Phi) is 6.54. The summed E-state index contributed by atoms with van der Waals surface area (Å²) in [5.41, 5.74) is 0.692. The van der Waals surface area contributed by atoms with Gasteiger partial charge in [0.1, 0.15) is 5.75 Å². The molecule has 1 aromatic rings. The van der Waals surface area contributed by atoms with Crippen molar-refractivity contribution in [1.29, 1.82) is 0 Å². The molecule has 0 fully saturated rings. The number of carbonyl (C=O) groups is 1. The van der Waals surface area contributed by atoms with E-state index in [4.69, 9.17) is 26.2 Å². The van der Waals surface area contributed by atoms with E-state index in [1.807, 2.05) is 6.92 Å². The summed E-state index contributed by atoms with van der Waals surface area (Å²) in [6, 6.07) is 4.90. The van der Waals surface area contributed by atoms with E-state index in [0.717, 1.165) is 12.8 Å². The van der Waals surface area contributed by atoms with Gasteiger partial charge < -0.3 is 14.6 Å². The van der Waals surface area contributed by atoms with Crippen molar-refractivity contribution in [3.8, 4) is 5.75 Å². The van der Waals surface area contributed by atoms with Gasteiger partial charge in [-0.25, -0.2) is 4.79 Å². The number of halogens is 1. The monoisotopic (exact) mass is 272 g/mol. The molecule has 0 aliphatic rings. The Hall–Kier alpha value is -1.26. The SMILES string of the molecule is CCCCOC(=O)COc1ccc(CO)cc1Cl. The molecule has 0 saturated carbocycles. The van der Waals surface area contributed by atoms with Gasteiger partial charge in [0.15, 0.2) is 6.61 Å². The van der Waals surface area contributed by atoms with Crippen LogP contribution >= 0.6 is 11.6 Å². The Balaban J connectivity index is 2.41. The highest BCUT2D eigenvalue weighted by Gasteiger charge is 2.07. The van der Waals surface area contributed by atoms with Gasteiger partial charge in [0.2, 0.25) is 0 Å². The van der Waals surface area contributed by atoms with Crippen LogP contribution in [0.3, 0.4) is 0 Å². The molecule has 4 nitrogen and oxygen atoms in total. The Bertz CT molecular complexity index is 393. The van der Waals surface area contributed by atoms with Crippen molar-refractivity contribution >= 4 is 17.6 Å². The first-order chi connectivity index (χ1) is 8.67. The van der Waals surface area contributed by atoms with Crippen LogP contribution in [-0.2, 0) is 16.1 Å². The fraction of sp³-hybridized carbons (Fsp3) is 0.462. The summed E-state index contributed by atoms with van der Waals surface area (Å²) in [6.07, 6.45) is 1.82. The van der Waals surface area contributed by atoms with Crippen LogP contribution in [0.5, 0.6) is 5.75 Å². The van der Waals surface area contributed by atoms with Crippen molar-refractivity contribution in [3.05, 3.63) is 28.8 Å². The molecule has 100 valence electrons. The molecule has 0 bridgehead atoms. The van der Waals surface area contributed by atoms with Gasteiger partial charge in [-0.3, -0.25) is 0 Å². The molecule has 18 heavy (non-hydrogen) atoms. The zero-order chi connectivity index (χ0) is 13.4. The van der Waals surface area contributed by atoms with Crippen LogP contribution in [0.4, 0.5) is 0 Å². The smallest absolute Gasteiger partial charge is 0.344 e. The molecule has 0 spiro atoms. The van der Waals surface area contributed by atoms with Crippen LogP contribution in [0, 0.1) is 0 Å². The highest BCUT2D eigenvalue weighted by atomic mass is 35.5. The minimum absolute atomic E-state index is 0.0843. The maximum absolute atomic E-state index is 11.3. The highest BCUT2D eigenvalue weighted by Crippen LogP contribution is 2.25. The van der Waals surface area contributed by atoms with E-state index in [0.29, 0.717) is 22.9 Å². The highest BCUT2D eigenvalue weighted by molar-refractivity contribution is 6.32. The molecule has 5 heteroatoms. The summed E-state index contributed by atoms with van der Waals surface area (Å²) < 4.78 is 10.2. The average Bonchev–Trinajstić information content (AvgIpc) is 2.37. The molecular formula is C13H17ClO4. The lowest BCUT2D eigenvalue weighted by atomic mass is 10.2. The molecule has 0 heterocycles. The minimum Gasteiger partial charge on any atom is -0.480 e. The van der Waals surface area contributed by atoms with Gasteiger partial charge >= 0.3 is 5.97 Å². The van der Waals surface area contributed by atoms with Crippen LogP contribution in [0.25, 0.3) is 0 Å². The van der Waals surface area contributed by atoms with Crippen molar-refractivity contribution in [2.45, 2.75) is 26.4 Å². The van der Waals surface area contributed by atoms with E-state index in [9.17, 15) is 4.79 Å². The third-order valence-electron chi connectivity index (χ3n) is 2.29. The standard InChI is InChI=1S/C13H17ClO4/c1-2-3-6-17-13(16)9-18-12-5-4-10(8-15)7-11(12)14/h4-5,7,15H,2-3,6,8-9H2,1H3. The van der Waals surface area contributed by atoms with Crippen LogP contribution in [-0.4, -0.2) is 24.3 Å². The number of unbranched alkanes of at least 4 members (excludes halogenated alkanes) is 1. The summed E-state index contributed by atoms with van der Waals surface area (Å²) >= 11 is 5.93. The number of esters is 1. The quantitative estimate of drug-likeness (QED) is 0.612. The molecule has 0 atom stereocenters. The predicted octanol–water partition coefficient (Wildman–Crippen LogP) is 2.55. The van der Waals surface area contributed by atoms with Crippen molar-refractivity contribution in [2.24, 2.45) is 0 Å². The normalized spacial score (nSPS) is 10.2. The molecule has 1 rings (SSSR count). The fourth-order valence-electron chi connectivity index (χ4n) is 1.27. The van der Waals surface area contributed by atoms with Crippen molar-refractivity contribution in [2.75, 3.05) is 13.2 Å². The van der Waals surface area contributed by atoms with E-state index >= 15 is 0 Å². The third-order valence-corrected chi connectivity index (χ3v) is 2.58. The number of aliphatic hydroxyl groups is 1. The molecule has 0 radical (unpaired) electrons. The van der Waals surface area contributed by atoms with Gasteiger partial charge in [-0.15, -0.1) is 0 Å². The van der Waals surface area contributed by atoms with Gasteiger partial charge in [-0.2, -0.15) is 0 Å². The minimum atomic E-state index is -0.411. The first kappa shape index (κ1) is 14.8. The number of rotatable bonds is 7. The van der Waals surface area contributed by atoms with Crippen LogP contribution < -0.4 is 4.74 Å². The molecule has 1 N–H and O–H groups in total. The number of aliphatic hydroxyl groups excluding tert-OH is 1. The van der Waals surface area contributed by atoms with Crippen molar-refractivity contribution < 1.29 is 19.4 Å². The van der Waals surface area contributed by atoms with Crippen molar-refractivity contribution in [3.63, 3.8) is 0 Å². The summed E-state index contributed by atoms with van der Waals surface area (Å²) in [7, 11) is 0. The zero-order valence-corrected chi connectivity index (χ0v) is 11.1. The second kappa shape index (κ2) is 7.95. The lowest BCUT2D eigenvalue weighted by Gasteiger charge is -2.08. The molecule has 0 amide bonds. The van der Waals surface area contributed by atoms with E-state index in [2.05, 4.69) is 0 Å². The Labute approximate surface area is 111 Å². The van der Waals surface area contributed by atoms with E-state index in [1.165, 1.54) is 0 Å². The maximum atomic E-state index is 11.3. The average molecular weight is 273 g/mol. The number of hydrogen-bond donors (Lipinski definition) is 1. The first-order valence-corrected chi connectivity index (χ1v) is 6.23. The summed E-state index contributed by atoms with van der Waals surface area (Å²) in [5, 5.41) is 9.28. The number of hydrogen-bond acceptors (Lipinski definition) is 4. The Morgan fingerprint density at radius 1 is 1.44 bits per heavy atom. The molecule has 0 aromatic heterocycles. The molecule has 0 saturated heterocycles. The van der Waals surface area contributed by atoms with Gasteiger partial charge in [0, 0.05) is 0 Å². The number of ether oxygens (including phenoxy) is 2. The summed E-state index contributed by atoms with van der Waals surface area (Å²) in [5.74, 6) is -0.00735. The third kappa shape index (κ3) is 4.94. The van der Waals surface area contributed by atoms with Gasteiger partial charge in [-0.05, 0) is 24.1 Å². The second-order valence-corrected chi connectivity index (χ2v) is 4.19. The second-order valence-electron chi connectivity index (χ2n) is 3.79. The van der Waals surface area contributed by atoms with E-state index in [-0.39, 0.29) is 13.2 Å². The van der Waals surface area contributed by atoms with E-state index < -0.39 is 5.97 Å². The zero-order valence-electron chi connectivity index (χ0n) is 10.3. The molecular weight excluding hydrogens is 256 g/mol. The molecule has 0 aliphatic carbocycles. The Morgan fingerprint density at radius 2 is 2.22 bits per heavy atom. The maximum Gasteiger partial charge on any atom is 0.344 e. The summed E-state index contributed by atoms with van der Waals surface area (Å²) in [6.45, 7) is 2.18. The molecule has 1 aromatic carbocycles. The molecule has 0 unspecified atom stereocenters. The fourth-order valence-corrected chi connectivity index (χ4v) is 1.53. The Morgan fingerprint density at radius 3 is 2.83 bits per heavy atom. The summed E-state index contributed by atoms with van der Waals surface area (Å²) in [4.78, 5) is 11.3. The van der Waals surface area contributed by atoms with Crippen LogP contribution in [0.1, 0.15) is 25.3 Å². The van der Waals surface area contributed by atoms with Gasteiger partial charge in [0.05, 0.1) is 18.2 Å². The number of benzene rings is 1. The van der Waals surface area contributed by atoms with Crippen LogP contribution in [0.15, 0.2) is 18.2 Å². The van der Waals surface area contributed by atoms with Crippen LogP contribution in [0.2, 0.25) is 5.02 Å². The largest absolute Gasteiger partial charge is 0.480 e. The topological polar surface area (TPSA) is 55.8 Å².